The number of halogens is 4. The summed E-state index contributed by atoms with van der Waals surface area (Å²) in [4.78, 5) is 21.7. The van der Waals surface area contributed by atoms with Gasteiger partial charge in [0.15, 0.2) is 0 Å². The van der Waals surface area contributed by atoms with Crippen LogP contribution in [0.25, 0.3) is 0 Å². The fraction of sp³-hybridized carbons (Fsp3) is 0.889. The first-order chi connectivity index (χ1) is 15.3. The van der Waals surface area contributed by atoms with E-state index in [0.29, 0.717) is 26.4 Å². The SMILES string of the molecule is COCCO.COCCOC(=O)OCC(CO)(CI)CI.O=C1OCC(CI)(CI)CO1. The van der Waals surface area contributed by atoms with Crippen molar-refractivity contribution in [2.24, 2.45) is 10.8 Å². The van der Waals surface area contributed by atoms with E-state index in [9.17, 15) is 14.7 Å². The largest absolute Gasteiger partial charge is 0.508 e. The summed E-state index contributed by atoms with van der Waals surface area (Å²) in [5.41, 5.74) is -0.323. The molecular weight excluding hydrogens is 884 g/mol. The molecule has 0 bridgehead atoms. The van der Waals surface area contributed by atoms with Gasteiger partial charge in [-0.05, 0) is 0 Å². The van der Waals surface area contributed by atoms with Gasteiger partial charge in [-0.3, -0.25) is 0 Å². The van der Waals surface area contributed by atoms with Crippen LogP contribution in [0.1, 0.15) is 0 Å². The molecule has 1 rings (SSSR count). The molecule has 1 saturated heterocycles. The van der Waals surface area contributed by atoms with Crippen molar-refractivity contribution >= 4 is 103 Å². The average molecular weight is 916 g/mol. The molecule has 192 valence electrons. The Labute approximate surface area is 244 Å². The van der Waals surface area contributed by atoms with Gasteiger partial charge in [0.25, 0.3) is 0 Å². The molecular formula is C18H32I4O10. The molecule has 1 aliphatic rings. The Morgan fingerprint density at radius 2 is 1.50 bits per heavy atom. The highest BCUT2D eigenvalue weighted by atomic mass is 127. The van der Waals surface area contributed by atoms with E-state index in [4.69, 9.17) is 28.8 Å². The molecule has 10 nitrogen and oxygen atoms in total. The van der Waals surface area contributed by atoms with Crippen LogP contribution in [0.5, 0.6) is 0 Å². The minimum Gasteiger partial charge on any atom is -0.434 e. The Morgan fingerprint density at radius 3 is 1.84 bits per heavy atom. The second-order valence-electron chi connectivity index (χ2n) is 6.62. The molecule has 0 aromatic carbocycles. The van der Waals surface area contributed by atoms with Crippen LogP contribution in [0.2, 0.25) is 0 Å². The maximum atomic E-state index is 11.1. The number of carbonyl (C=O) groups is 2. The van der Waals surface area contributed by atoms with Gasteiger partial charge < -0.3 is 38.6 Å². The first-order valence-electron chi connectivity index (χ1n) is 9.30. The summed E-state index contributed by atoms with van der Waals surface area (Å²) in [7, 11) is 3.08. The van der Waals surface area contributed by atoms with Gasteiger partial charge >= 0.3 is 12.3 Å². The molecule has 0 unspecified atom stereocenters. The third-order valence-electron chi connectivity index (χ3n) is 3.76. The normalized spacial score (nSPS) is 14.6. The van der Waals surface area contributed by atoms with Crippen molar-refractivity contribution < 1.29 is 48.2 Å². The van der Waals surface area contributed by atoms with Gasteiger partial charge in [0.2, 0.25) is 0 Å². The summed E-state index contributed by atoms with van der Waals surface area (Å²) >= 11 is 8.91. The number of alkyl halides is 4. The number of methoxy groups -OCH3 is 2. The van der Waals surface area contributed by atoms with Crippen molar-refractivity contribution in [1.82, 2.24) is 0 Å². The summed E-state index contributed by atoms with van der Waals surface area (Å²) in [6.45, 7) is 2.24. The van der Waals surface area contributed by atoms with Gasteiger partial charge in [0.05, 0.1) is 31.8 Å². The molecule has 0 radical (unpaired) electrons. The molecule has 0 spiro atoms. The topological polar surface area (TPSA) is 130 Å². The van der Waals surface area contributed by atoms with Crippen molar-refractivity contribution in [3.63, 3.8) is 0 Å². The van der Waals surface area contributed by atoms with E-state index in [0.717, 1.165) is 17.7 Å². The van der Waals surface area contributed by atoms with Crippen molar-refractivity contribution in [2.45, 2.75) is 0 Å². The van der Waals surface area contributed by atoms with E-state index in [2.05, 4.69) is 95.1 Å². The monoisotopic (exact) mass is 916 g/mol. The van der Waals surface area contributed by atoms with Crippen molar-refractivity contribution in [3.8, 4) is 0 Å². The van der Waals surface area contributed by atoms with E-state index >= 15 is 0 Å². The molecule has 2 N–H and O–H groups in total. The van der Waals surface area contributed by atoms with E-state index in [1.165, 1.54) is 7.11 Å². The van der Waals surface area contributed by atoms with Crippen molar-refractivity contribution in [1.29, 1.82) is 0 Å². The molecule has 32 heavy (non-hydrogen) atoms. The Kier molecular flexibility index (Phi) is 25.2. The third kappa shape index (κ3) is 16.8. The number of cyclic esters (lactones) is 2. The summed E-state index contributed by atoms with van der Waals surface area (Å²) in [6.07, 6.45) is -1.25. The highest BCUT2D eigenvalue weighted by molar-refractivity contribution is 14.1. The first kappa shape index (κ1) is 35.5. The number of ether oxygens (including phenoxy) is 6. The van der Waals surface area contributed by atoms with E-state index in [1.807, 2.05) is 0 Å². The minimum absolute atomic E-state index is 0.00969. The Balaban J connectivity index is 0. The van der Waals surface area contributed by atoms with Gasteiger partial charge in [-0.15, -0.1) is 0 Å². The molecule has 1 heterocycles. The van der Waals surface area contributed by atoms with Gasteiger partial charge in [-0.2, -0.15) is 0 Å². The lowest BCUT2D eigenvalue weighted by Crippen LogP contribution is -2.41. The number of hydrogen-bond donors (Lipinski definition) is 2. The van der Waals surface area contributed by atoms with Gasteiger partial charge in [0, 0.05) is 37.3 Å². The molecule has 14 heteroatoms. The second kappa shape index (κ2) is 22.7. The molecule has 0 saturated carbocycles. The minimum atomic E-state index is -0.718. The standard InChI is InChI=1S/C9H16I2O5.C6H8I2O3.C3H8O2/c1-14-2-3-15-8(13)16-7-9(4-10,5-11)6-12;7-1-6(2-8)3-10-5(9)11-4-6;1-5-3-2-4/h12H,2-7H2,1H3;1-4H2;4H,2-3H2,1H3. The fourth-order valence-corrected chi connectivity index (χ4v) is 6.44. The first-order valence-corrected chi connectivity index (χ1v) is 15.4. The van der Waals surface area contributed by atoms with Crippen LogP contribution in [-0.2, 0) is 28.4 Å². The molecule has 0 aromatic heterocycles. The molecule has 0 amide bonds. The summed E-state index contributed by atoms with van der Waals surface area (Å²) in [6, 6.07) is 0. The zero-order valence-corrected chi connectivity index (χ0v) is 26.8. The van der Waals surface area contributed by atoms with E-state index < -0.39 is 12.3 Å². The van der Waals surface area contributed by atoms with E-state index in [1.54, 1.807) is 7.11 Å². The summed E-state index contributed by atoms with van der Waals surface area (Å²) in [5, 5.41) is 17.2. The van der Waals surface area contributed by atoms with Gasteiger partial charge in [0.1, 0.15) is 26.4 Å². The van der Waals surface area contributed by atoms with Crippen molar-refractivity contribution in [2.75, 3.05) is 84.8 Å². The predicted octanol–water partition coefficient (Wildman–Crippen LogP) is 3.27. The third-order valence-corrected chi connectivity index (χ3v) is 10.2. The lowest BCUT2D eigenvalue weighted by atomic mass is 9.96. The number of aliphatic hydroxyl groups is 2. The van der Waals surface area contributed by atoms with Crippen molar-refractivity contribution in [3.05, 3.63) is 0 Å². The molecule has 0 aliphatic carbocycles. The maximum absolute atomic E-state index is 11.1. The molecule has 1 fully saturated rings. The maximum Gasteiger partial charge on any atom is 0.508 e. The Hall–Kier alpha value is 1.30. The van der Waals surface area contributed by atoms with Crippen LogP contribution in [-0.4, -0.2) is 107 Å². The lowest BCUT2D eigenvalue weighted by molar-refractivity contribution is -0.0384. The van der Waals surface area contributed by atoms with E-state index in [-0.39, 0.29) is 37.3 Å². The molecule has 0 aromatic rings. The molecule has 0 atom stereocenters. The van der Waals surface area contributed by atoms with Crippen LogP contribution in [0.3, 0.4) is 0 Å². The van der Waals surface area contributed by atoms with Crippen LogP contribution in [0, 0.1) is 10.8 Å². The Morgan fingerprint density at radius 1 is 0.969 bits per heavy atom. The van der Waals surface area contributed by atoms with Gasteiger partial charge in [-0.25, -0.2) is 9.59 Å². The highest BCUT2D eigenvalue weighted by Crippen LogP contribution is 2.28. The highest BCUT2D eigenvalue weighted by Gasteiger charge is 2.35. The number of hydrogen-bond acceptors (Lipinski definition) is 10. The number of aliphatic hydroxyl groups excluding tert-OH is 2. The Bertz CT molecular complexity index is 454. The molecule has 1 aliphatic heterocycles. The van der Waals surface area contributed by atoms with Crippen LogP contribution in [0.4, 0.5) is 9.59 Å². The number of rotatable bonds is 12. The fourth-order valence-electron chi connectivity index (χ4n) is 1.49. The summed E-state index contributed by atoms with van der Waals surface area (Å²) < 4.78 is 31.8. The van der Waals surface area contributed by atoms with Crippen LogP contribution < -0.4 is 0 Å². The van der Waals surface area contributed by atoms with Crippen LogP contribution >= 0.6 is 90.4 Å². The quantitative estimate of drug-likeness (QED) is 0.130. The predicted molar refractivity (Wildman–Crippen MR) is 153 cm³/mol. The van der Waals surface area contributed by atoms with Gasteiger partial charge in [-0.1, -0.05) is 90.4 Å². The zero-order chi connectivity index (χ0) is 24.9. The van der Waals surface area contributed by atoms with Crippen LogP contribution in [0.15, 0.2) is 0 Å². The average Bonchev–Trinajstić information content (AvgIpc) is 2.83. The smallest absolute Gasteiger partial charge is 0.434 e. The second-order valence-corrected chi connectivity index (χ2v) is 9.67. The number of carbonyl (C=O) groups excluding carboxylic acids is 2. The lowest BCUT2D eigenvalue weighted by Gasteiger charge is -2.32. The zero-order valence-electron chi connectivity index (χ0n) is 18.2. The summed E-state index contributed by atoms with van der Waals surface area (Å²) in [5.74, 6) is 0.